The van der Waals surface area contributed by atoms with Gasteiger partial charge in [0.05, 0.1) is 6.10 Å². The summed E-state index contributed by atoms with van der Waals surface area (Å²) in [6.07, 6.45) is 8.41. The number of likely N-dealkylation sites (tertiary alicyclic amines) is 1. The van der Waals surface area contributed by atoms with Gasteiger partial charge in [-0.1, -0.05) is 6.42 Å². The molecule has 2 saturated heterocycles. The van der Waals surface area contributed by atoms with E-state index in [-0.39, 0.29) is 0 Å². The standard InChI is InChI=1S/C13H26N2O/c1-15-9-3-2-5-12(15)11-14-8-7-13-6-4-10-16-13/h12-14H,2-11H2,1H3. The molecule has 2 heterocycles. The number of rotatable bonds is 5. The third-order valence-corrected chi connectivity index (χ3v) is 3.97. The van der Waals surface area contributed by atoms with E-state index in [4.69, 9.17) is 4.74 Å². The number of hydrogen-bond donors (Lipinski definition) is 1. The molecular formula is C13H26N2O. The Hall–Kier alpha value is -0.120. The molecule has 2 atom stereocenters. The highest BCUT2D eigenvalue weighted by molar-refractivity contribution is 4.76. The number of piperidine rings is 1. The Bertz CT molecular complexity index is 192. The van der Waals surface area contributed by atoms with Crippen molar-refractivity contribution in [2.24, 2.45) is 0 Å². The van der Waals surface area contributed by atoms with Gasteiger partial charge in [0, 0.05) is 19.2 Å². The summed E-state index contributed by atoms with van der Waals surface area (Å²) in [5, 5.41) is 3.59. The van der Waals surface area contributed by atoms with Crippen LogP contribution in [0.15, 0.2) is 0 Å². The van der Waals surface area contributed by atoms with E-state index in [1.807, 2.05) is 0 Å². The lowest BCUT2D eigenvalue weighted by atomic mass is 10.0. The summed E-state index contributed by atoms with van der Waals surface area (Å²) in [7, 11) is 2.26. The summed E-state index contributed by atoms with van der Waals surface area (Å²) in [6, 6.07) is 0.762. The van der Waals surface area contributed by atoms with Gasteiger partial charge in [-0.2, -0.15) is 0 Å². The fourth-order valence-electron chi connectivity index (χ4n) is 2.81. The SMILES string of the molecule is CN1CCCCC1CNCCC1CCCO1. The van der Waals surface area contributed by atoms with Crippen molar-refractivity contribution in [3.8, 4) is 0 Å². The zero-order valence-corrected chi connectivity index (χ0v) is 10.6. The van der Waals surface area contributed by atoms with Crippen molar-refractivity contribution in [3.05, 3.63) is 0 Å². The van der Waals surface area contributed by atoms with E-state index in [9.17, 15) is 0 Å². The van der Waals surface area contributed by atoms with Crippen molar-refractivity contribution in [2.75, 3.05) is 33.3 Å². The normalized spacial score (nSPS) is 32.1. The third kappa shape index (κ3) is 3.72. The number of nitrogens with zero attached hydrogens (tertiary/aromatic N) is 1. The van der Waals surface area contributed by atoms with Crippen LogP contribution in [0.5, 0.6) is 0 Å². The molecule has 2 aliphatic heterocycles. The highest BCUT2D eigenvalue weighted by atomic mass is 16.5. The number of likely N-dealkylation sites (N-methyl/N-ethyl adjacent to an activating group) is 1. The average molecular weight is 226 g/mol. The summed E-state index contributed by atoms with van der Waals surface area (Å²) in [6.45, 7) is 4.53. The minimum Gasteiger partial charge on any atom is -0.378 e. The Balaban J connectivity index is 1.53. The van der Waals surface area contributed by atoms with E-state index >= 15 is 0 Å². The molecule has 3 nitrogen and oxygen atoms in total. The highest BCUT2D eigenvalue weighted by Gasteiger charge is 2.19. The van der Waals surface area contributed by atoms with Crippen molar-refractivity contribution in [2.45, 2.75) is 50.7 Å². The van der Waals surface area contributed by atoms with Gasteiger partial charge in [0.15, 0.2) is 0 Å². The second-order valence-corrected chi connectivity index (χ2v) is 5.26. The van der Waals surface area contributed by atoms with Gasteiger partial charge in [0.1, 0.15) is 0 Å². The first-order valence-corrected chi connectivity index (χ1v) is 6.89. The van der Waals surface area contributed by atoms with Gasteiger partial charge in [-0.05, 0) is 52.2 Å². The Labute approximate surface area is 99.5 Å². The zero-order chi connectivity index (χ0) is 11.2. The molecule has 2 rings (SSSR count). The van der Waals surface area contributed by atoms with E-state index < -0.39 is 0 Å². The summed E-state index contributed by atoms with van der Waals surface area (Å²) in [4.78, 5) is 2.50. The van der Waals surface area contributed by atoms with Gasteiger partial charge in [-0.15, -0.1) is 0 Å². The lowest BCUT2D eigenvalue weighted by Gasteiger charge is -2.32. The summed E-state index contributed by atoms with van der Waals surface area (Å²) >= 11 is 0. The molecule has 0 spiro atoms. The van der Waals surface area contributed by atoms with Gasteiger partial charge < -0.3 is 15.0 Å². The van der Waals surface area contributed by atoms with Crippen molar-refractivity contribution >= 4 is 0 Å². The summed E-state index contributed by atoms with van der Waals surface area (Å²) in [5.41, 5.74) is 0. The molecule has 3 heteroatoms. The van der Waals surface area contributed by atoms with Crippen LogP contribution in [0.25, 0.3) is 0 Å². The first-order chi connectivity index (χ1) is 7.86. The maximum absolute atomic E-state index is 5.62. The van der Waals surface area contributed by atoms with Gasteiger partial charge in [-0.3, -0.25) is 0 Å². The van der Waals surface area contributed by atoms with E-state index in [0.717, 1.165) is 25.7 Å². The minimum atomic E-state index is 0.539. The Kier molecular flexibility index (Phi) is 5.07. The fourth-order valence-corrected chi connectivity index (χ4v) is 2.81. The molecule has 0 bridgehead atoms. The van der Waals surface area contributed by atoms with E-state index in [1.54, 1.807) is 0 Å². The van der Waals surface area contributed by atoms with Crippen LogP contribution in [0, 0.1) is 0 Å². The quantitative estimate of drug-likeness (QED) is 0.721. The first-order valence-electron chi connectivity index (χ1n) is 6.89. The predicted molar refractivity (Wildman–Crippen MR) is 66.7 cm³/mol. The molecule has 2 unspecified atom stereocenters. The van der Waals surface area contributed by atoms with Gasteiger partial charge >= 0.3 is 0 Å². The smallest absolute Gasteiger partial charge is 0.0588 e. The predicted octanol–water partition coefficient (Wildman–Crippen LogP) is 1.63. The Morgan fingerprint density at radius 3 is 2.94 bits per heavy atom. The van der Waals surface area contributed by atoms with E-state index in [0.29, 0.717) is 6.10 Å². The van der Waals surface area contributed by atoms with Crippen LogP contribution < -0.4 is 5.32 Å². The molecule has 0 aromatic rings. The molecule has 0 amide bonds. The fraction of sp³-hybridized carbons (Fsp3) is 1.00. The Morgan fingerprint density at radius 2 is 2.19 bits per heavy atom. The number of ether oxygens (including phenoxy) is 1. The Morgan fingerprint density at radius 1 is 1.25 bits per heavy atom. The highest BCUT2D eigenvalue weighted by Crippen LogP contribution is 2.15. The third-order valence-electron chi connectivity index (χ3n) is 3.97. The van der Waals surface area contributed by atoms with Gasteiger partial charge in [0.25, 0.3) is 0 Å². The molecule has 0 radical (unpaired) electrons. The molecule has 0 aromatic heterocycles. The van der Waals surface area contributed by atoms with Crippen LogP contribution in [0.1, 0.15) is 38.5 Å². The van der Waals surface area contributed by atoms with Crippen LogP contribution in [0.4, 0.5) is 0 Å². The van der Waals surface area contributed by atoms with Crippen LogP contribution in [-0.4, -0.2) is 50.3 Å². The second-order valence-electron chi connectivity index (χ2n) is 5.26. The zero-order valence-electron chi connectivity index (χ0n) is 10.6. The lowest BCUT2D eigenvalue weighted by Crippen LogP contribution is -2.43. The number of hydrogen-bond acceptors (Lipinski definition) is 3. The largest absolute Gasteiger partial charge is 0.378 e. The maximum Gasteiger partial charge on any atom is 0.0588 e. The summed E-state index contributed by atoms with van der Waals surface area (Å²) < 4.78 is 5.62. The molecule has 0 aromatic carbocycles. The number of nitrogens with one attached hydrogen (secondary N) is 1. The first kappa shape index (κ1) is 12.3. The molecule has 0 saturated carbocycles. The molecular weight excluding hydrogens is 200 g/mol. The van der Waals surface area contributed by atoms with E-state index in [1.165, 1.54) is 45.1 Å². The second kappa shape index (κ2) is 6.58. The minimum absolute atomic E-state index is 0.539. The van der Waals surface area contributed by atoms with Crippen LogP contribution in [-0.2, 0) is 4.74 Å². The molecule has 1 N–H and O–H groups in total. The monoisotopic (exact) mass is 226 g/mol. The van der Waals surface area contributed by atoms with E-state index in [2.05, 4.69) is 17.3 Å². The average Bonchev–Trinajstić information content (AvgIpc) is 2.79. The van der Waals surface area contributed by atoms with Crippen molar-refractivity contribution < 1.29 is 4.74 Å². The van der Waals surface area contributed by atoms with Crippen LogP contribution >= 0.6 is 0 Å². The molecule has 2 aliphatic rings. The van der Waals surface area contributed by atoms with Crippen molar-refractivity contribution in [1.29, 1.82) is 0 Å². The summed E-state index contributed by atoms with van der Waals surface area (Å²) in [5.74, 6) is 0. The van der Waals surface area contributed by atoms with Gasteiger partial charge in [-0.25, -0.2) is 0 Å². The van der Waals surface area contributed by atoms with Crippen molar-refractivity contribution in [1.82, 2.24) is 10.2 Å². The van der Waals surface area contributed by atoms with Crippen LogP contribution in [0.2, 0.25) is 0 Å². The van der Waals surface area contributed by atoms with Crippen LogP contribution in [0.3, 0.4) is 0 Å². The van der Waals surface area contributed by atoms with Crippen molar-refractivity contribution in [3.63, 3.8) is 0 Å². The molecule has 94 valence electrons. The molecule has 16 heavy (non-hydrogen) atoms. The topological polar surface area (TPSA) is 24.5 Å². The van der Waals surface area contributed by atoms with Gasteiger partial charge in [0.2, 0.25) is 0 Å². The lowest BCUT2D eigenvalue weighted by molar-refractivity contribution is 0.103. The molecule has 2 fully saturated rings. The maximum atomic E-state index is 5.62. The molecule has 0 aliphatic carbocycles.